The van der Waals surface area contributed by atoms with Gasteiger partial charge in [-0.1, -0.05) is 0 Å². The number of carbonyl (C=O) groups excluding carboxylic acids is 1. The standard InChI is InChI=1S/C15H16O4/c1-18-11-3-5-14-10(6-11)7-12-13(17)4-2-9(8-16)15(12)19-14/h3,5-7,9,15-16H,2,4,8H2,1H3. The van der Waals surface area contributed by atoms with Crippen LogP contribution in [0.3, 0.4) is 0 Å². The molecule has 0 radical (unpaired) electrons. The molecule has 2 aliphatic rings. The summed E-state index contributed by atoms with van der Waals surface area (Å²) < 4.78 is 11.1. The maximum absolute atomic E-state index is 12.0. The fourth-order valence-corrected chi connectivity index (χ4v) is 2.71. The molecule has 1 aromatic carbocycles. The van der Waals surface area contributed by atoms with E-state index < -0.39 is 0 Å². The smallest absolute Gasteiger partial charge is 0.162 e. The highest BCUT2D eigenvalue weighted by molar-refractivity contribution is 6.02. The molecular formula is C15H16O4. The molecule has 4 heteroatoms. The Morgan fingerprint density at radius 3 is 3.05 bits per heavy atom. The second-order valence-corrected chi connectivity index (χ2v) is 4.95. The third kappa shape index (κ3) is 2.02. The van der Waals surface area contributed by atoms with Gasteiger partial charge >= 0.3 is 0 Å². The summed E-state index contributed by atoms with van der Waals surface area (Å²) in [4.78, 5) is 12.0. The van der Waals surface area contributed by atoms with Gasteiger partial charge in [0.05, 0.1) is 7.11 Å². The number of ether oxygens (including phenoxy) is 2. The molecule has 1 aliphatic heterocycles. The van der Waals surface area contributed by atoms with Crippen LogP contribution in [0.25, 0.3) is 6.08 Å². The van der Waals surface area contributed by atoms with E-state index in [1.807, 2.05) is 24.3 Å². The Kier molecular flexibility index (Phi) is 3.03. The second kappa shape index (κ2) is 4.70. The van der Waals surface area contributed by atoms with Crippen molar-refractivity contribution in [3.63, 3.8) is 0 Å². The average molecular weight is 260 g/mol. The molecule has 19 heavy (non-hydrogen) atoms. The van der Waals surface area contributed by atoms with Crippen LogP contribution >= 0.6 is 0 Å². The van der Waals surface area contributed by atoms with Crippen LogP contribution in [0.2, 0.25) is 0 Å². The van der Waals surface area contributed by atoms with Crippen molar-refractivity contribution in [3.05, 3.63) is 29.3 Å². The minimum absolute atomic E-state index is 0.000739. The van der Waals surface area contributed by atoms with E-state index in [1.54, 1.807) is 7.11 Å². The number of hydrogen-bond donors (Lipinski definition) is 1. The van der Waals surface area contributed by atoms with E-state index in [4.69, 9.17) is 9.47 Å². The highest BCUT2D eigenvalue weighted by Crippen LogP contribution is 2.38. The summed E-state index contributed by atoms with van der Waals surface area (Å²) >= 11 is 0. The maximum atomic E-state index is 12.0. The van der Waals surface area contributed by atoms with Crippen molar-refractivity contribution in [1.29, 1.82) is 0 Å². The zero-order chi connectivity index (χ0) is 13.4. The minimum atomic E-state index is -0.313. The first-order chi connectivity index (χ1) is 9.22. The summed E-state index contributed by atoms with van der Waals surface area (Å²) in [6.07, 6.45) is 2.72. The van der Waals surface area contributed by atoms with Gasteiger partial charge in [0.1, 0.15) is 17.6 Å². The second-order valence-electron chi connectivity index (χ2n) is 4.95. The van der Waals surface area contributed by atoms with Crippen molar-refractivity contribution < 1.29 is 19.4 Å². The number of aliphatic hydroxyl groups is 1. The summed E-state index contributed by atoms with van der Waals surface area (Å²) in [5.74, 6) is 1.59. The summed E-state index contributed by atoms with van der Waals surface area (Å²) in [5, 5.41) is 9.41. The summed E-state index contributed by atoms with van der Waals surface area (Å²) in [7, 11) is 1.61. The van der Waals surface area contributed by atoms with E-state index in [1.165, 1.54) is 0 Å². The first kappa shape index (κ1) is 12.2. The molecule has 1 fully saturated rings. The lowest BCUT2D eigenvalue weighted by molar-refractivity contribution is -0.119. The van der Waals surface area contributed by atoms with Crippen LogP contribution in [0, 0.1) is 5.92 Å². The third-order valence-electron chi connectivity index (χ3n) is 3.82. The summed E-state index contributed by atoms with van der Waals surface area (Å²) in [6, 6.07) is 5.53. The third-order valence-corrected chi connectivity index (χ3v) is 3.82. The van der Waals surface area contributed by atoms with Gasteiger partial charge in [0, 0.05) is 30.1 Å². The van der Waals surface area contributed by atoms with Gasteiger partial charge in [0.15, 0.2) is 5.78 Å². The molecule has 0 saturated heterocycles. The van der Waals surface area contributed by atoms with Crippen LogP contribution in [-0.4, -0.2) is 30.7 Å². The Bertz CT molecular complexity index is 547. The van der Waals surface area contributed by atoms with E-state index in [-0.39, 0.29) is 24.4 Å². The van der Waals surface area contributed by atoms with Gasteiger partial charge < -0.3 is 14.6 Å². The number of Topliss-reactive ketones (excluding diaryl/α,β-unsaturated/α-hetero) is 1. The van der Waals surface area contributed by atoms with E-state index >= 15 is 0 Å². The summed E-state index contributed by atoms with van der Waals surface area (Å²) in [5.41, 5.74) is 1.53. The lowest BCUT2D eigenvalue weighted by atomic mass is 9.80. The molecule has 100 valence electrons. The van der Waals surface area contributed by atoms with Gasteiger partial charge in [-0.05, 0) is 30.7 Å². The number of hydrogen-bond acceptors (Lipinski definition) is 4. The number of benzene rings is 1. The number of ketones is 1. The van der Waals surface area contributed by atoms with Gasteiger partial charge in [-0.15, -0.1) is 0 Å². The molecule has 1 saturated carbocycles. The quantitative estimate of drug-likeness (QED) is 0.881. The molecule has 0 aromatic heterocycles. The molecule has 1 aliphatic carbocycles. The molecule has 1 N–H and O–H groups in total. The number of methoxy groups -OCH3 is 1. The van der Waals surface area contributed by atoms with Crippen LogP contribution in [-0.2, 0) is 4.79 Å². The van der Waals surface area contributed by atoms with Crippen molar-refractivity contribution >= 4 is 11.9 Å². The van der Waals surface area contributed by atoms with Crippen LogP contribution in [0.15, 0.2) is 23.8 Å². The SMILES string of the molecule is COc1ccc2c(c1)C=C1C(=O)CCC(CO)C1O2. The van der Waals surface area contributed by atoms with Crippen LogP contribution < -0.4 is 9.47 Å². The lowest BCUT2D eigenvalue weighted by Gasteiger charge is -2.35. The van der Waals surface area contributed by atoms with Gasteiger partial charge in [0.25, 0.3) is 0 Å². The first-order valence-electron chi connectivity index (χ1n) is 6.43. The van der Waals surface area contributed by atoms with Crippen LogP contribution in [0.4, 0.5) is 0 Å². The van der Waals surface area contributed by atoms with Gasteiger partial charge in [0.2, 0.25) is 0 Å². The molecule has 1 heterocycles. The summed E-state index contributed by atoms with van der Waals surface area (Å²) in [6.45, 7) is 0.0424. The predicted molar refractivity (Wildman–Crippen MR) is 70.2 cm³/mol. The number of rotatable bonds is 2. The highest BCUT2D eigenvalue weighted by atomic mass is 16.5. The maximum Gasteiger partial charge on any atom is 0.162 e. The Balaban J connectivity index is 2.03. The van der Waals surface area contributed by atoms with Crippen LogP contribution in [0.1, 0.15) is 18.4 Å². The molecule has 2 atom stereocenters. The Labute approximate surface area is 111 Å². The van der Waals surface area contributed by atoms with Crippen molar-refractivity contribution in [2.45, 2.75) is 18.9 Å². The Morgan fingerprint density at radius 1 is 1.47 bits per heavy atom. The van der Waals surface area contributed by atoms with Gasteiger partial charge in [-0.25, -0.2) is 0 Å². The number of aliphatic hydroxyl groups excluding tert-OH is 1. The molecule has 4 nitrogen and oxygen atoms in total. The van der Waals surface area contributed by atoms with Crippen molar-refractivity contribution in [1.82, 2.24) is 0 Å². The molecule has 0 bridgehead atoms. The molecule has 0 spiro atoms. The largest absolute Gasteiger partial charge is 0.497 e. The Morgan fingerprint density at radius 2 is 2.32 bits per heavy atom. The monoisotopic (exact) mass is 260 g/mol. The zero-order valence-electron chi connectivity index (χ0n) is 10.8. The number of carbonyl (C=O) groups is 1. The molecule has 2 unspecified atom stereocenters. The average Bonchev–Trinajstić information content (AvgIpc) is 2.45. The number of fused-ring (bicyclic) bond motifs is 2. The van der Waals surface area contributed by atoms with Crippen molar-refractivity contribution in [2.75, 3.05) is 13.7 Å². The lowest BCUT2D eigenvalue weighted by Crippen LogP contribution is -2.40. The van der Waals surface area contributed by atoms with Crippen LogP contribution in [0.5, 0.6) is 11.5 Å². The Hall–Kier alpha value is -1.81. The van der Waals surface area contributed by atoms with Crippen molar-refractivity contribution in [2.24, 2.45) is 5.92 Å². The predicted octanol–water partition coefficient (Wildman–Crippen LogP) is 1.81. The fraction of sp³-hybridized carbons (Fsp3) is 0.400. The molecule has 0 amide bonds. The topological polar surface area (TPSA) is 55.8 Å². The normalized spacial score (nSPS) is 24.9. The van der Waals surface area contributed by atoms with E-state index in [0.29, 0.717) is 18.4 Å². The van der Waals surface area contributed by atoms with Crippen molar-refractivity contribution in [3.8, 4) is 11.5 Å². The molecular weight excluding hydrogens is 244 g/mol. The van der Waals surface area contributed by atoms with E-state index in [2.05, 4.69) is 0 Å². The molecule has 3 rings (SSSR count). The van der Waals surface area contributed by atoms with E-state index in [9.17, 15) is 9.90 Å². The highest BCUT2D eigenvalue weighted by Gasteiger charge is 2.37. The first-order valence-corrected chi connectivity index (χ1v) is 6.43. The van der Waals surface area contributed by atoms with E-state index in [0.717, 1.165) is 17.1 Å². The van der Waals surface area contributed by atoms with Gasteiger partial charge in [-0.2, -0.15) is 0 Å². The minimum Gasteiger partial charge on any atom is -0.497 e. The fourth-order valence-electron chi connectivity index (χ4n) is 2.71. The zero-order valence-corrected chi connectivity index (χ0v) is 10.8. The molecule has 1 aromatic rings. The van der Waals surface area contributed by atoms with Gasteiger partial charge in [-0.3, -0.25) is 4.79 Å².